The summed E-state index contributed by atoms with van der Waals surface area (Å²) in [5.74, 6) is -0.431. The molecule has 0 saturated carbocycles. The molecule has 0 unspecified atom stereocenters. The number of aryl methyl sites for hydroxylation is 1. The molecule has 1 heterocycles. The number of amides is 1. The summed E-state index contributed by atoms with van der Waals surface area (Å²) in [4.78, 5) is 26.1. The third-order valence-electron chi connectivity index (χ3n) is 4.25. The van der Waals surface area contributed by atoms with E-state index in [-0.39, 0.29) is 5.91 Å². The first kappa shape index (κ1) is 17.5. The van der Waals surface area contributed by atoms with Crippen LogP contribution in [0.25, 0.3) is 0 Å². The van der Waals surface area contributed by atoms with Crippen molar-refractivity contribution in [1.29, 1.82) is 0 Å². The molecule has 0 spiro atoms. The van der Waals surface area contributed by atoms with Gasteiger partial charge in [0.25, 0.3) is 0 Å². The molecule has 1 aromatic rings. The van der Waals surface area contributed by atoms with E-state index in [0.717, 1.165) is 31.5 Å². The Balaban J connectivity index is 1.97. The van der Waals surface area contributed by atoms with Gasteiger partial charge in [-0.05, 0) is 50.6 Å². The van der Waals surface area contributed by atoms with Gasteiger partial charge < -0.3 is 10.1 Å². The summed E-state index contributed by atoms with van der Waals surface area (Å²) >= 11 is 0. The summed E-state index contributed by atoms with van der Waals surface area (Å²) in [5.41, 5.74) is 2.04. The number of carbonyl (C=O) groups excluding carboxylic acids is 2. The fourth-order valence-electron chi connectivity index (χ4n) is 2.87. The summed E-state index contributed by atoms with van der Waals surface area (Å²) in [6, 6.07) is 5.19. The largest absolute Gasteiger partial charge is 0.465 e. The number of methoxy groups -OCH3 is 1. The van der Waals surface area contributed by atoms with Crippen LogP contribution in [0.5, 0.6) is 0 Å². The normalized spacial score (nSPS) is 16.3. The van der Waals surface area contributed by atoms with Gasteiger partial charge in [-0.25, -0.2) is 4.79 Å². The molecule has 1 fully saturated rings. The van der Waals surface area contributed by atoms with Crippen LogP contribution in [0.2, 0.25) is 0 Å². The van der Waals surface area contributed by atoms with E-state index in [1.807, 2.05) is 13.0 Å². The molecule has 0 aliphatic carbocycles. The lowest BCUT2D eigenvalue weighted by Crippen LogP contribution is -2.35. The average Bonchev–Trinajstić information content (AvgIpc) is 2.51. The highest BCUT2D eigenvalue weighted by Gasteiger charge is 2.14. The Morgan fingerprint density at radius 1 is 1.13 bits per heavy atom. The molecule has 5 heteroatoms. The summed E-state index contributed by atoms with van der Waals surface area (Å²) in [7, 11) is 1.35. The zero-order valence-corrected chi connectivity index (χ0v) is 14.1. The van der Waals surface area contributed by atoms with E-state index in [1.165, 1.54) is 26.4 Å². The second-order valence-corrected chi connectivity index (χ2v) is 6.11. The number of hydrogen-bond donors (Lipinski definition) is 1. The van der Waals surface area contributed by atoms with Gasteiger partial charge >= 0.3 is 5.97 Å². The molecule has 0 aromatic heterocycles. The van der Waals surface area contributed by atoms with Crippen molar-refractivity contribution in [3.8, 4) is 0 Å². The Morgan fingerprint density at radius 3 is 2.43 bits per heavy atom. The van der Waals surface area contributed by atoms with Crippen molar-refractivity contribution in [3.05, 3.63) is 29.3 Å². The van der Waals surface area contributed by atoms with Gasteiger partial charge in [-0.1, -0.05) is 25.3 Å². The molecule has 1 aliphatic rings. The van der Waals surface area contributed by atoms with Crippen LogP contribution >= 0.6 is 0 Å². The minimum absolute atomic E-state index is 0.0318. The standard InChI is InChI=1S/C18H26N2O3/c1-14-8-9-15(18(22)23-2)12-16(14)19-17(21)13-20-10-6-4-3-5-7-11-20/h8-9,12H,3-7,10-11,13H2,1-2H3,(H,19,21). The van der Waals surface area contributed by atoms with Gasteiger partial charge in [0.1, 0.15) is 0 Å². The number of anilines is 1. The minimum atomic E-state index is -0.399. The van der Waals surface area contributed by atoms with E-state index in [2.05, 4.69) is 10.2 Å². The summed E-state index contributed by atoms with van der Waals surface area (Å²) in [6.07, 6.45) is 6.12. The molecule has 23 heavy (non-hydrogen) atoms. The molecular formula is C18H26N2O3. The van der Waals surface area contributed by atoms with Crippen molar-refractivity contribution in [3.63, 3.8) is 0 Å². The fourth-order valence-corrected chi connectivity index (χ4v) is 2.87. The molecule has 1 amide bonds. The van der Waals surface area contributed by atoms with E-state index in [4.69, 9.17) is 4.74 Å². The van der Waals surface area contributed by atoms with Crippen LogP contribution in [0, 0.1) is 6.92 Å². The summed E-state index contributed by atoms with van der Waals surface area (Å²) < 4.78 is 4.72. The molecule has 2 rings (SSSR count). The number of likely N-dealkylation sites (tertiary alicyclic amines) is 1. The van der Waals surface area contributed by atoms with Crippen molar-refractivity contribution < 1.29 is 14.3 Å². The number of esters is 1. The van der Waals surface area contributed by atoms with E-state index < -0.39 is 5.97 Å². The molecule has 1 aliphatic heterocycles. The van der Waals surface area contributed by atoms with Crippen LogP contribution in [0.15, 0.2) is 18.2 Å². The van der Waals surface area contributed by atoms with Crippen molar-refractivity contribution >= 4 is 17.6 Å². The Kier molecular flexibility index (Phi) is 6.59. The van der Waals surface area contributed by atoms with Gasteiger partial charge in [0, 0.05) is 5.69 Å². The van der Waals surface area contributed by atoms with Crippen LogP contribution in [0.3, 0.4) is 0 Å². The van der Waals surface area contributed by atoms with Gasteiger partial charge in [-0.15, -0.1) is 0 Å². The lowest BCUT2D eigenvalue weighted by molar-refractivity contribution is -0.117. The third-order valence-corrected chi connectivity index (χ3v) is 4.25. The zero-order chi connectivity index (χ0) is 16.7. The summed E-state index contributed by atoms with van der Waals surface area (Å²) in [5, 5.41) is 2.92. The number of benzene rings is 1. The van der Waals surface area contributed by atoms with Gasteiger partial charge in [-0.3, -0.25) is 9.69 Å². The zero-order valence-electron chi connectivity index (χ0n) is 14.1. The van der Waals surface area contributed by atoms with Crippen LogP contribution in [0.1, 0.15) is 48.0 Å². The van der Waals surface area contributed by atoms with E-state index in [0.29, 0.717) is 17.8 Å². The molecule has 1 aromatic carbocycles. The summed E-state index contributed by atoms with van der Waals surface area (Å²) in [6.45, 7) is 4.28. The van der Waals surface area contributed by atoms with Crippen LogP contribution in [-0.4, -0.2) is 43.5 Å². The highest BCUT2D eigenvalue weighted by molar-refractivity contribution is 5.96. The molecule has 5 nitrogen and oxygen atoms in total. The molecule has 1 N–H and O–H groups in total. The van der Waals surface area contributed by atoms with Crippen LogP contribution in [-0.2, 0) is 9.53 Å². The Labute approximate surface area is 138 Å². The Morgan fingerprint density at radius 2 is 1.78 bits per heavy atom. The minimum Gasteiger partial charge on any atom is -0.465 e. The average molecular weight is 318 g/mol. The molecule has 126 valence electrons. The van der Waals surface area contributed by atoms with Crippen molar-refractivity contribution in [2.24, 2.45) is 0 Å². The molecule has 0 radical (unpaired) electrons. The number of nitrogens with one attached hydrogen (secondary N) is 1. The number of ether oxygens (including phenoxy) is 1. The maximum Gasteiger partial charge on any atom is 0.337 e. The predicted molar refractivity (Wildman–Crippen MR) is 90.7 cm³/mol. The number of hydrogen-bond acceptors (Lipinski definition) is 4. The maximum atomic E-state index is 12.3. The van der Waals surface area contributed by atoms with Crippen LogP contribution < -0.4 is 5.32 Å². The Hall–Kier alpha value is -1.88. The lowest BCUT2D eigenvalue weighted by atomic mass is 10.1. The van der Waals surface area contributed by atoms with E-state index >= 15 is 0 Å². The second kappa shape index (κ2) is 8.67. The molecule has 1 saturated heterocycles. The first-order valence-corrected chi connectivity index (χ1v) is 8.31. The van der Waals surface area contributed by atoms with Crippen molar-refractivity contribution in [2.45, 2.75) is 39.0 Å². The number of rotatable bonds is 4. The Bertz CT molecular complexity index is 549. The van der Waals surface area contributed by atoms with Crippen molar-refractivity contribution in [2.75, 3.05) is 32.1 Å². The smallest absolute Gasteiger partial charge is 0.337 e. The number of carbonyl (C=O) groups is 2. The van der Waals surface area contributed by atoms with Gasteiger partial charge in [0.2, 0.25) is 5.91 Å². The second-order valence-electron chi connectivity index (χ2n) is 6.11. The molecule has 0 atom stereocenters. The van der Waals surface area contributed by atoms with Gasteiger partial charge in [0.05, 0.1) is 19.2 Å². The quantitative estimate of drug-likeness (QED) is 0.867. The van der Waals surface area contributed by atoms with E-state index in [9.17, 15) is 9.59 Å². The maximum absolute atomic E-state index is 12.3. The highest BCUT2D eigenvalue weighted by atomic mass is 16.5. The monoisotopic (exact) mass is 318 g/mol. The lowest BCUT2D eigenvalue weighted by Gasteiger charge is -2.24. The van der Waals surface area contributed by atoms with E-state index in [1.54, 1.807) is 12.1 Å². The molecule has 0 bridgehead atoms. The number of nitrogens with zero attached hydrogens (tertiary/aromatic N) is 1. The first-order chi connectivity index (χ1) is 11.1. The SMILES string of the molecule is COC(=O)c1ccc(C)c(NC(=O)CN2CCCCCCC2)c1. The van der Waals surface area contributed by atoms with Gasteiger partial charge in [-0.2, -0.15) is 0 Å². The first-order valence-electron chi connectivity index (χ1n) is 8.31. The van der Waals surface area contributed by atoms with Gasteiger partial charge in [0.15, 0.2) is 0 Å². The third kappa shape index (κ3) is 5.36. The highest BCUT2D eigenvalue weighted by Crippen LogP contribution is 2.18. The fraction of sp³-hybridized carbons (Fsp3) is 0.556. The topological polar surface area (TPSA) is 58.6 Å². The molecular weight excluding hydrogens is 292 g/mol. The predicted octanol–water partition coefficient (Wildman–Crippen LogP) is 2.99. The van der Waals surface area contributed by atoms with Crippen LogP contribution in [0.4, 0.5) is 5.69 Å². The van der Waals surface area contributed by atoms with Crippen molar-refractivity contribution in [1.82, 2.24) is 4.90 Å².